The van der Waals surface area contributed by atoms with E-state index in [0.29, 0.717) is 12.4 Å². The van der Waals surface area contributed by atoms with Crippen molar-refractivity contribution in [3.05, 3.63) is 47.0 Å². The zero-order valence-corrected chi connectivity index (χ0v) is 13.0. The minimum atomic E-state index is -0.346. The molecule has 1 aliphatic heterocycles. The first kappa shape index (κ1) is 15.0. The molecule has 1 saturated heterocycles. The smallest absolute Gasteiger partial charge is 0.294 e. The SMILES string of the molecule is Nc1csnc1C1CCCN(C(OC=O)c2ccccc2)C1. The van der Waals surface area contributed by atoms with Crippen LogP contribution in [0.3, 0.4) is 0 Å². The van der Waals surface area contributed by atoms with Crippen molar-refractivity contribution in [3.63, 3.8) is 0 Å². The summed E-state index contributed by atoms with van der Waals surface area (Å²) in [5.74, 6) is 0.293. The Hall–Kier alpha value is -1.92. The fourth-order valence-electron chi connectivity index (χ4n) is 3.05. The molecule has 2 aromatic rings. The maximum Gasteiger partial charge on any atom is 0.294 e. The first-order chi connectivity index (χ1) is 10.8. The lowest BCUT2D eigenvalue weighted by atomic mass is 9.93. The van der Waals surface area contributed by atoms with Gasteiger partial charge in [-0.2, -0.15) is 4.37 Å². The number of benzene rings is 1. The van der Waals surface area contributed by atoms with E-state index < -0.39 is 0 Å². The molecule has 2 heterocycles. The topological polar surface area (TPSA) is 68.4 Å². The van der Waals surface area contributed by atoms with Crippen LogP contribution in [-0.2, 0) is 9.53 Å². The fraction of sp³-hybridized carbons (Fsp3) is 0.375. The predicted octanol–water partition coefficient (Wildman–Crippen LogP) is 2.78. The Labute approximate surface area is 133 Å². The lowest BCUT2D eigenvalue weighted by Gasteiger charge is -2.36. The average Bonchev–Trinajstić information content (AvgIpc) is 3.00. The van der Waals surface area contributed by atoms with Gasteiger partial charge < -0.3 is 10.5 Å². The van der Waals surface area contributed by atoms with E-state index in [1.807, 2.05) is 35.7 Å². The molecule has 1 aromatic carbocycles. The second-order valence-electron chi connectivity index (χ2n) is 5.48. The van der Waals surface area contributed by atoms with Crippen molar-refractivity contribution in [2.24, 2.45) is 0 Å². The number of nitrogen functional groups attached to an aromatic ring is 1. The van der Waals surface area contributed by atoms with E-state index in [4.69, 9.17) is 10.5 Å². The van der Waals surface area contributed by atoms with Gasteiger partial charge in [-0.15, -0.1) is 0 Å². The van der Waals surface area contributed by atoms with E-state index >= 15 is 0 Å². The summed E-state index contributed by atoms with van der Waals surface area (Å²) >= 11 is 1.40. The van der Waals surface area contributed by atoms with Gasteiger partial charge in [0, 0.05) is 30.0 Å². The number of carbonyl (C=O) groups excluding carboxylic acids is 1. The lowest BCUT2D eigenvalue weighted by Crippen LogP contribution is -2.38. The Bertz CT molecular complexity index is 617. The fourth-order valence-corrected chi connectivity index (χ4v) is 3.71. The van der Waals surface area contributed by atoms with E-state index in [1.165, 1.54) is 11.5 Å². The van der Waals surface area contributed by atoms with Crippen LogP contribution in [0.15, 0.2) is 35.7 Å². The van der Waals surface area contributed by atoms with Crippen LogP contribution >= 0.6 is 11.5 Å². The monoisotopic (exact) mass is 317 g/mol. The number of anilines is 1. The maximum absolute atomic E-state index is 10.9. The van der Waals surface area contributed by atoms with E-state index in [9.17, 15) is 4.79 Å². The van der Waals surface area contributed by atoms with Gasteiger partial charge >= 0.3 is 0 Å². The number of ether oxygens (including phenoxy) is 1. The molecular weight excluding hydrogens is 298 g/mol. The molecule has 116 valence electrons. The van der Waals surface area contributed by atoms with Gasteiger partial charge in [0.1, 0.15) is 0 Å². The first-order valence-electron chi connectivity index (χ1n) is 7.37. The number of piperidine rings is 1. The van der Waals surface area contributed by atoms with E-state index in [2.05, 4.69) is 9.27 Å². The Morgan fingerprint density at radius 2 is 2.23 bits per heavy atom. The van der Waals surface area contributed by atoms with Gasteiger partial charge in [-0.25, -0.2) is 0 Å². The maximum atomic E-state index is 10.9. The Kier molecular flexibility index (Phi) is 4.70. The molecule has 0 radical (unpaired) electrons. The zero-order valence-electron chi connectivity index (χ0n) is 12.2. The van der Waals surface area contributed by atoms with E-state index in [0.717, 1.165) is 42.9 Å². The molecule has 0 aliphatic carbocycles. The Balaban J connectivity index is 1.80. The highest BCUT2D eigenvalue weighted by Crippen LogP contribution is 2.34. The van der Waals surface area contributed by atoms with Crippen LogP contribution in [0.4, 0.5) is 5.69 Å². The number of likely N-dealkylation sites (tertiary alicyclic amines) is 1. The molecule has 1 aliphatic rings. The predicted molar refractivity (Wildman–Crippen MR) is 86.4 cm³/mol. The number of rotatable bonds is 5. The van der Waals surface area contributed by atoms with Crippen molar-refractivity contribution in [2.75, 3.05) is 18.8 Å². The quantitative estimate of drug-likeness (QED) is 0.859. The third-order valence-corrected chi connectivity index (χ3v) is 4.73. The molecule has 5 nitrogen and oxygen atoms in total. The van der Waals surface area contributed by atoms with Crippen molar-refractivity contribution in [1.82, 2.24) is 9.27 Å². The van der Waals surface area contributed by atoms with Gasteiger partial charge in [0.15, 0.2) is 6.23 Å². The van der Waals surface area contributed by atoms with Crippen LogP contribution in [0.25, 0.3) is 0 Å². The average molecular weight is 317 g/mol. The number of carbonyl (C=O) groups is 1. The highest BCUT2D eigenvalue weighted by atomic mass is 32.1. The van der Waals surface area contributed by atoms with Crippen LogP contribution in [0.1, 0.15) is 36.2 Å². The lowest BCUT2D eigenvalue weighted by molar-refractivity contribution is -0.145. The zero-order chi connectivity index (χ0) is 15.4. The van der Waals surface area contributed by atoms with Crippen LogP contribution in [0.5, 0.6) is 0 Å². The summed E-state index contributed by atoms with van der Waals surface area (Å²) in [7, 11) is 0. The standard InChI is InChI=1S/C16H19N3O2S/c17-14-10-22-18-15(14)13-7-4-8-19(9-13)16(21-11-20)12-5-2-1-3-6-12/h1-3,5-6,10-11,13,16H,4,7-9,17H2. The summed E-state index contributed by atoms with van der Waals surface area (Å²) in [6.45, 7) is 2.22. The normalized spacial score (nSPS) is 20.5. The minimum Gasteiger partial charge on any atom is -0.444 e. The van der Waals surface area contributed by atoms with Gasteiger partial charge in [0.25, 0.3) is 6.47 Å². The van der Waals surface area contributed by atoms with Gasteiger partial charge in [0.2, 0.25) is 0 Å². The van der Waals surface area contributed by atoms with E-state index in [1.54, 1.807) is 0 Å². The van der Waals surface area contributed by atoms with Gasteiger partial charge in [0.05, 0.1) is 11.4 Å². The summed E-state index contributed by atoms with van der Waals surface area (Å²) in [5.41, 5.74) is 8.74. The van der Waals surface area contributed by atoms with Crippen molar-refractivity contribution in [3.8, 4) is 0 Å². The molecule has 0 amide bonds. The second kappa shape index (κ2) is 6.89. The number of hydrogen-bond acceptors (Lipinski definition) is 6. The van der Waals surface area contributed by atoms with Crippen LogP contribution in [-0.4, -0.2) is 28.8 Å². The molecule has 2 N–H and O–H groups in total. The highest BCUT2D eigenvalue weighted by molar-refractivity contribution is 7.04. The Morgan fingerprint density at radius 3 is 2.91 bits per heavy atom. The molecule has 2 atom stereocenters. The highest BCUT2D eigenvalue weighted by Gasteiger charge is 2.30. The second-order valence-corrected chi connectivity index (χ2v) is 6.11. The largest absolute Gasteiger partial charge is 0.444 e. The van der Waals surface area contributed by atoms with Gasteiger partial charge in [-0.1, -0.05) is 30.3 Å². The summed E-state index contributed by atoms with van der Waals surface area (Å²) in [4.78, 5) is 13.1. The van der Waals surface area contributed by atoms with Crippen molar-refractivity contribution < 1.29 is 9.53 Å². The van der Waals surface area contributed by atoms with Crippen molar-refractivity contribution >= 4 is 23.7 Å². The molecule has 22 heavy (non-hydrogen) atoms. The molecule has 0 spiro atoms. The third kappa shape index (κ3) is 3.13. The van der Waals surface area contributed by atoms with Crippen LogP contribution in [0.2, 0.25) is 0 Å². The molecular formula is C16H19N3O2S. The first-order valence-corrected chi connectivity index (χ1v) is 8.21. The number of nitrogens with two attached hydrogens (primary N) is 1. The molecule has 0 saturated carbocycles. The van der Waals surface area contributed by atoms with Crippen LogP contribution in [0, 0.1) is 0 Å². The summed E-state index contributed by atoms with van der Waals surface area (Å²) in [5, 5.41) is 1.88. The number of nitrogens with zero attached hydrogens (tertiary/aromatic N) is 2. The van der Waals surface area contributed by atoms with Crippen molar-refractivity contribution in [1.29, 1.82) is 0 Å². The Morgan fingerprint density at radius 1 is 1.41 bits per heavy atom. The number of aromatic nitrogens is 1. The molecule has 0 bridgehead atoms. The number of hydrogen-bond donors (Lipinski definition) is 1. The van der Waals surface area contributed by atoms with Crippen LogP contribution < -0.4 is 5.73 Å². The summed E-state index contributed by atoms with van der Waals surface area (Å²) < 4.78 is 9.79. The molecule has 2 unspecified atom stereocenters. The van der Waals surface area contributed by atoms with Gasteiger partial charge in [-0.05, 0) is 24.4 Å². The van der Waals surface area contributed by atoms with Crippen molar-refractivity contribution in [2.45, 2.75) is 25.0 Å². The molecule has 3 rings (SSSR count). The minimum absolute atomic E-state index is 0.293. The molecule has 6 heteroatoms. The molecule has 1 aromatic heterocycles. The third-order valence-electron chi connectivity index (χ3n) is 4.07. The summed E-state index contributed by atoms with van der Waals surface area (Å²) in [6, 6.07) is 9.83. The van der Waals surface area contributed by atoms with E-state index in [-0.39, 0.29) is 6.23 Å². The molecule has 1 fully saturated rings. The summed E-state index contributed by atoms with van der Waals surface area (Å²) in [6.07, 6.45) is 1.75. The van der Waals surface area contributed by atoms with Gasteiger partial charge in [-0.3, -0.25) is 9.69 Å².